The van der Waals surface area contributed by atoms with E-state index in [0.29, 0.717) is 12.0 Å². The van der Waals surface area contributed by atoms with Gasteiger partial charge in [-0.3, -0.25) is 0 Å². The van der Waals surface area contributed by atoms with Gasteiger partial charge >= 0.3 is 0 Å². The molecule has 4 heteroatoms. The second kappa shape index (κ2) is 7.43. The summed E-state index contributed by atoms with van der Waals surface area (Å²) in [6.07, 6.45) is 7.14. The Morgan fingerprint density at radius 2 is 2.12 bits per heavy atom. The van der Waals surface area contributed by atoms with Crippen LogP contribution in [0.4, 0.5) is 0 Å². The minimum absolute atomic E-state index is 0.349. The molecule has 98 valence electrons. The van der Waals surface area contributed by atoms with Crippen LogP contribution in [0.2, 0.25) is 0 Å². The highest BCUT2D eigenvalue weighted by Gasteiger charge is 2.07. The molecule has 1 aromatic rings. The highest BCUT2D eigenvalue weighted by molar-refractivity contribution is 4.85. The summed E-state index contributed by atoms with van der Waals surface area (Å²) in [5, 5.41) is 4.26. The summed E-state index contributed by atoms with van der Waals surface area (Å²) in [6, 6.07) is 0.349. The molecule has 0 saturated carbocycles. The maximum absolute atomic E-state index is 6.00. The van der Waals surface area contributed by atoms with E-state index in [0.717, 1.165) is 38.1 Å². The Hall–Kier alpha value is -0.900. The molecule has 0 bridgehead atoms. The van der Waals surface area contributed by atoms with E-state index in [1.807, 2.05) is 4.68 Å². The fourth-order valence-corrected chi connectivity index (χ4v) is 2.02. The minimum Gasteiger partial charge on any atom is -0.328 e. The standard InChI is InChI=1S/C13H26N4/c1-4-6-12(14)7-5-8-13-15-10-16-17(13)9-11(2)3/h10-12H,4-9,14H2,1-3H3. The highest BCUT2D eigenvalue weighted by atomic mass is 15.3. The van der Waals surface area contributed by atoms with E-state index in [-0.39, 0.29) is 0 Å². The zero-order chi connectivity index (χ0) is 12.7. The molecule has 4 nitrogen and oxygen atoms in total. The van der Waals surface area contributed by atoms with Crippen LogP contribution in [0, 0.1) is 5.92 Å². The van der Waals surface area contributed by atoms with Gasteiger partial charge in [-0.25, -0.2) is 9.67 Å². The molecular weight excluding hydrogens is 212 g/mol. The molecule has 1 unspecified atom stereocenters. The van der Waals surface area contributed by atoms with Gasteiger partial charge in [-0.05, 0) is 25.2 Å². The molecule has 0 aliphatic carbocycles. The van der Waals surface area contributed by atoms with Gasteiger partial charge in [0, 0.05) is 19.0 Å². The molecule has 0 fully saturated rings. The Morgan fingerprint density at radius 1 is 1.35 bits per heavy atom. The second-order valence-electron chi connectivity index (χ2n) is 5.19. The van der Waals surface area contributed by atoms with Crippen LogP contribution in [0.1, 0.15) is 52.3 Å². The van der Waals surface area contributed by atoms with Crippen molar-refractivity contribution in [1.29, 1.82) is 0 Å². The van der Waals surface area contributed by atoms with Crippen molar-refractivity contribution < 1.29 is 0 Å². The summed E-state index contributed by atoms with van der Waals surface area (Å²) in [7, 11) is 0. The first kappa shape index (κ1) is 14.2. The van der Waals surface area contributed by atoms with Gasteiger partial charge < -0.3 is 5.73 Å². The SMILES string of the molecule is CCCC(N)CCCc1ncnn1CC(C)C. The average molecular weight is 238 g/mol. The lowest BCUT2D eigenvalue weighted by atomic mass is 10.1. The normalized spacial score (nSPS) is 13.2. The summed E-state index contributed by atoms with van der Waals surface area (Å²) in [5.41, 5.74) is 6.00. The van der Waals surface area contributed by atoms with E-state index in [2.05, 4.69) is 30.9 Å². The van der Waals surface area contributed by atoms with E-state index in [1.165, 1.54) is 6.42 Å². The van der Waals surface area contributed by atoms with Crippen LogP contribution in [0.25, 0.3) is 0 Å². The summed E-state index contributed by atoms with van der Waals surface area (Å²) >= 11 is 0. The largest absolute Gasteiger partial charge is 0.328 e. The maximum atomic E-state index is 6.00. The Bertz CT molecular complexity index is 306. The van der Waals surface area contributed by atoms with Crippen LogP contribution < -0.4 is 5.73 Å². The summed E-state index contributed by atoms with van der Waals surface area (Å²) in [4.78, 5) is 4.32. The number of rotatable bonds is 8. The van der Waals surface area contributed by atoms with Crippen LogP contribution in [0.3, 0.4) is 0 Å². The predicted molar refractivity (Wildman–Crippen MR) is 70.7 cm³/mol. The molecule has 0 aliphatic heterocycles. The van der Waals surface area contributed by atoms with Gasteiger partial charge in [0.15, 0.2) is 0 Å². The van der Waals surface area contributed by atoms with Crippen LogP contribution in [-0.2, 0) is 13.0 Å². The Balaban J connectivity index is 2.33. The van der Waals surface area contributed by atoms with Crippen molar-refractivity contribution in [2.24, 2.45) is 11.7 Å². The van der Waals surface area contributed by atoms with Crippen molar-refractivity contribution in [2.45, 2.75) is 65.5 Å². The topological polar surface area (TPSA) is 56.7 Å². The number of nitrogens with zero attached hydrogens (tertiary/aromatic N) is 3. The van der Waals surface area contributed by atoms with Crippen LogP contribution in [0.15, 0.2) is 6.33 Å². The molecule has 0 aromatic carbocycles. The zero-order valence-electron chi connectivity index (χ0n) is 11.4. The lowest BCUT2D eigenvalue weighted by molar-refractivity contribution is 0.457. The van der Waals surface area contributed by atoms with Crippen molar-refractivity contribution in [3.63, 3.8) is 0 Å². The lowest BCUT2D eigenvalue weighted by Gasteiger charge is -2.11. The number of aryl methyl sites for hydroxylation is 1. The van der Waals surface area contributed by atoms with Crippen LogP contribution >= 0.6 is 0 Å². The minimum atomic E-state index is 0.349. The third-order valence-electron chi connectivity index (χ3n) is 2.87. The van der Waals surface area contributed by atoms with Gasteiger partial charge in [0.25, 0.3) is 0 Å². The van der Waals surface area contributed by atoms with Crippen molar-refractivity contribution in [3.8, 4) is 0 Å². The number of hydrogen-bond donors (Lipinski definition) is 1. The third kappa shape index (κ3) is 5.31. The Morgan fingerprint density at radius 3 is 2.76 bits per heavy atom. The second-order valence-corrected chi connectivity index (χ2v) is 5.19. The zero-order valence-corrected chi connectivity index (χ0v) is 11.4. The van der Waals surface area contributed by atoms with Gasteiger partial charge in [-0.2, -0.15) is 5.10 Å². The highest BCUT2D eigenvalue weighted by Crippen LogP contribution is 2.08. The predicted octanol–water partition coefficient (Wildman–Crippen LogP) is 2.38. The van der Waals surface area contributed by atoms with Gasteiger partial charge in [-0.1, -0.05) is 27.2 Å². The number of aromatic nitrogens is 3. The van der Waals surface area contributed by atoms with Crippen molar-refractivity contribution in [2.75, 3.05) is 0 Å². The Labute approximate surface area is 105 Å². The van der Waals surface area contributed by atoms with Gasteiger partial charge in [0.2, 0.25) is 0 Å². The average Bonchev–Trinajstić information content (AvgIpc) is 2.65. The van der Waals surface area contributed by atoms with E-state index in [4.69, 9.17) is 5.73 Å². The lowest BCUT2D eigenvalue weighted by Crippen LogP contribution is -2.19. The van der Waals surface area contributed by atoms with E-state index in [1.54, 1.807) is 6.33 Å². The quantitative estimate of drug-likeness (QED) is 0.756. The molecular formula is C13H26N4. The number of nitrogens with two attached hydrogens (primary N) is 1. The first-order chi connectivity index (χ1) is 8.13. The molecule has 0 saturated heterocycles. The first-order valence-electron chi connectivity index (χ1n) is 6.75. The van der Waals surface area contributed by atoms with Crippen molar-refractivity contribution in [3.05, 3.63) is 12.2 Å². The van der Waals surface area contributed by atoms with Crippen molar-refractivity contribution in [1.82, 2.24) is 14.8 Å². The molecule has 0 spiro atoms. The molecule has 1 heterocycles. The fraction of sp³-hybridized carbons (Fsp3) is 0.846. The Kier molecular flexibility index (Phi) is 6.19. The molecule has 1 rings (SSSR count). The monoisotopic (exact) mass is 238 g/mol. The van der Waals surface area contributed by atoms with E-state index in [9.17, 15) is 0 Å². The smallest absolute Gasteiger partial charge is 0.138 e. The third-order valence-corrected chi connectivity index (χ3v) is 2.87. The molecule has 0 radical (unpaired) electrons. The van der Waals surface area contributed by atoms with E-state index < -0.39 is 0 Å². The molecule has 2 N–H and O–H groups in total. The van der Waals surface area contributed by atoms with Crippen LogP contribution in [-0.4, -0.2) is 20.8 Å². The summed E-state index contributed by atoms with van der Waals surface area (Å²) in [5.74, 6) is 1.71. The molecule has 17 heavy (non-hydrogen) atoms. The van der Waals surface area contributed by atoms with Gasteiger partial charge in [-0.15, -0.1) is 0 Å². The molecule has 0 amide bonds. The van der Waals surface area contributed by atoms with Gasteiger partial charge in [0.05, 0.1) is 0 Å². The molecule has 1 atom stereocenters. The van der Waals surface area contributed by atoms with Gasteiger partial charge in [0.1, 0.15) is 12.2 Å². The van der Waals surface area contributed by atoms with Crippen molar-refractivity contribution >= 4 is 0 Å². The summed E-state index contributed by atoms with van der Waals surface area (Å²) in [6.45, 7) is 7.53. The summed E-state index contributed by atoms with van der Waals surface area (Å²) < 4.78 is 2.02. The fourth-order valence-electron chi connectivity index (χ4n) is 2.02. The first-order valence-corrected chi connectivity index (χ1v) is 6.75. The van der Waals surface area contributed by atoms with Crippen LogP contribution in [0.5, 0.6) is 0 Å². The van der Waals surface area contributed by atoms with E-state index >= 15 is 0 Å². The molecule has 1 aromatic heterocycles. The molecule has 0 aliphatic rings. The maximum Gasteiger partial charge on any atom is 0.138 e. The number of hydrogen-bond acceptors (Lipinski definition) is 3.